The molecular weight excluding hydrogens is 362 g/mol. The Balaban J connectivity index is 1.82. The Bertz CT molecular complexity index is 962. The molecule has 0 bridgehead atoms. The zero-order valence-electron chi connectivity index (χ0n) is 15.8. The predicted octanol–water partition coefficient (Wildman–Crippen LogP) is 2.84. The minimum Gasteiger partial charge on any atom is -0.497 e. The van der Waals surface area contributed by atoms with Gasteiger partial charge < -0.3 is 23.5 Å². The van der Waals surface area contributed by atoms with E-state index >= 15 is 0 Å². The Hall–Kier alpha value is -3.10. The lowest BCUT2D eigenvalue weighted by atomic mass is 10.00. The van der Waals surface area contributed by atoms with E-state index in [0.717, 1.165) is 11.1 Å². The molecule has 4 rings (SSSR count). The molecule has 2 aromatic heterocycles. The molecule has 8 nitrogen and oxygen atoms in total. The summed E-state index contributed by atoms with van der Waals surface area (Å²) in [7, 11) is 4.69. The molecule has 8 heteroatoms. The number of rotatable bonds is 7. The molecule has 0 saturated carbocycles. The number of fused-ring (bicyclic) bond motifs is 1. The molecule has 3 aromatic rings. The van der Waals surface area contributed by atoms with E-state index in [1.54, 1.807) is 38.6 Å². The van der Waals surface area contributed by atoms with E-state index < -0.39 is 12.3 Å². The number of furan rings is 1. The van der Waals surface area contributed by atoms with Gasteiger partial charge in [-0.25, -0.2) is 0 Å². The molecule has 1 aliphatic heterocycles. The number of benzene rings is 1. The van der Waals surface area contributed by atoms with Crippen molar-refractivity contribution in [3.63, 3.8) is 0 Å². The summed E-state index contributed by atoms with van der Waals surface area (Å²) in [6.45, 7) is 0.247. The third kappa shape index (κ3) is 2.96. The Labute approximate surface area is 162 Å². The van der Waals surface area contributed by atoms with Crippen molar-refractivity contribution < 1.29 is 23.4 Å². The smallest absolute Gasteiger partial charge is 0.273 e. The summed E-state index contributed by atoms with van der Waals surface area (Å²) in [5.41, 5.74) is 2.72. The van der Waals surface area contributed by atoms with Crippen LogP contribution < -0.4 is 4.74 Å². The van der Waals surface area contributed by atoms with Gasteiger partial charge in [0.25, 0.3) is 5.91 Å². The molecule has 3 heterocycles. The molecule has 1 atom stereocenters. The number of methoxy groups -OCH3 is 3. The van der Waals surface area contributed by atoms with Crippen molar-refractivity contribution >= 4 is 5.91 Å². The number of carbonyl (C=O) groups is 1. The van der Waals surface area contributed by atoms with Crippen LogP contribution in [0.4, 0.5) is 0 Å². The normalized spacial score (nSPS) is 16.1. The summed E-state index contributed by atoms with van der Waals surface area (Å²) in [6.07, 6.45) is 1.03. The number of aromatic amines is 1. The lowest BCUT2D eigenvalue weighted by Crippen LogP contribution is -2.37. The first-order chi connectivity index (χ1) is 13.7. The summed E-state index contributed by atoms with van der Waals surface area (Å²) in [4.78, 5) is 14.8. The predicted molar refractivity (Wildman–Crippen MR) is 100.0 cm³/mol. The van der Waals surface area contributed by atoms with Crippen molar-refractivity contribution in [3.05, 3.63) is 59.7 Å². The zero-order chi connectivity index (χ0) is 19.7. The standard InChI is InChI=1S/C20H21N3O5/c1-25-13-7-4-6-12(10-13)17-16-18(22-21-17)20(24)23(11-15(26-2)27-3)19(16)14-8-5-9-28-14/h4-10,15,19H,11H2,1-3H3,(H,21,22). The second-order valence-electron chi connectivity index (χ2n) is 6.37. The summed E-state index contributed by atoms with van der Waals surface area (Å²) in [5.74, 6) is 1.17. The van der Waals surface area contributed by atoms with Gasteiger partial charge in [-0.2, -0.15) is 5.10 Å². The SMILES string of the molecule is COc1cccc(-c2n[nH]c3c2C(c2ccco2)N(CC(OC)OC)C3=O)c1. The molecule has 1 aliphatic rings. The summed E-state index contributed by atoms with van der Waals surface area (Å²) in [5, 5.41) is 7.31. The number of amides is 1. The topological polar surface area (TPSA) is 89.8 Å². The number of aromatic nitrogens is 2. The highest BCUT2D eigenvalue weighted by molar-refractivity contribution is 6.00. The molecule has 0 fully saturated rings. The molecule has 1 aromatic carbocycles. The number of nitrogens with one attached hydrogen (secondary N) is 1. The van der Waals surface area contributed by atoms with E-state index in [0.29, 0.717) is 22.9 Å². The molecule has 1 N–H and O–H groups in total. The minimum absolute atomic E-state index is 0.183. The molecule has 1 unspecified atom stereocenters. The van der Waals surface area contributed by atoms with E-state index in [2.05, 4.69) is 10.2 Å². The van der Waals surface area contributed by atoms with E-state index in [1.807, 2.05) is 30.3 Å². The van der Waals surface area contributed by atoms with Gasteiger partial charge in [0.2, 0.25) is 0 Å². The van der Waals surface area contributed by atoms with Crippen molar-refractivity contribution in [3.8, 4) is 17.0 Å². The lowest BCUT2D eigenvalue weighted by Gasteiger charge is -2.27. The largest absolute Gasteiger partial charge is 0.497 e. The second-order valence-corrected chi connectivity index (χ2v) is 6.37. The maximum Gasteiger partial charge on any atom is 0.273 e. The molecular formula is C20H21N3O5. The monoisotopic (exact) mass is 383 g/mol. The van der Waals surface area contributed by atoms with Gasteiger partial charge in [0.1, 0.15) is 23.2 Å². The fourth-order valence-electron chi connectivity index (χ4n) is 3.52. The third-order valence-electron chi connectivity index (χ3n) is 4.89. The summed E-state index contributed by atoms with van der Waals surface area (Å²) >= 11 is 0. The highest BCUT2D eigenvalue weighted by Gasteiger charge is 2.44. The van der Waals surface area contributed by atoms with Crippen LogP contribution in [0, 0.1) is 0 Å². The lowest BCUT2D eigenvalue weighted by molar-refractivity contribution is -0.114. The second kappa shape index (κ2) is 7.49. The van der Waals surface area contributed by atoms with Crippen molar-refractivity contribution in [1.29, 1.82) is 0 Å². The van der Waals surface area contributed by atoms with Crippen LogP contribution in [-0.2, 0) is 9.47 Å². The molecule has 146 valence electrons. The number of hydrogen-bond acceptors (Lipinski definition) is 6. The van der Waals surface area contributed by atoms with Gasteiger partial charge in [-0.05, 0) is 24.3 Å². The van der Waals surface area contributed by atoms with E-state index in [9.17, 15) is 4.79 Å². The highest BCUT2D eigenvalue weighted by atomic mass is 16.7. The van der Waals surface area contributed by atoms with E-state index in [-0.39, 0.29) is 12.5 Å². The van der Waals surface area contributed by atoms with Crippen LogP contribution in [0.3, 0.4) is 0 Å². The van der Waals surface area contributed by atoms with Gasteiger partial charge in [-0.1, -0.05) is 12.1 Å². The van der Waals surface area contributed by atoms with Gasteiger partial charge in [-0.3, -0.25) is 9.89 Å². The quantitative estimate of drug-likeness (QED) is 0.631. The summed E-state index contributed by atoms with van der Waals surface area (Å²) < 4.78 is 21.6. The number of carbonyl (C=O) groups excluding carboxylic acids is 1. The Morgan fingerprint density at radius 2 is 2.04 bits per heavy atom. The van der Waals surface area contributed by atoms with Crippen LogP contribution in [0.15, 0.2) is 47.1 Å². The Morgan fingerprint density at radius 3 is 2.71 bits per heavy atom. The maximum absolute atomic E-state index is 13.1. The maximum atomic E-state index is 13.1. The van der Waals surface area contributed by atoms with Gasteiger partial charge in [0.05, 0.1) is 25.6 Å². The van der Waals surface area contributed by atoms with Gasteiger partial charge in [-0.15, -0.1) is 0 Å². The minimum atomic E-state index is -0.557. The number of nitrogens with zero attached hydrogens (tertiary/aromatic N) is 2. The van der Waals surface area contributed by atoms with Crippen LogP contribution in [0.2, 0.25) is 0 Å². The van der Waals surface area contributed by atoms with Crippen molar-refractivity contribution in [2.24, 2.45) is 0 Å². The van der Waals surface area contributed by atoms with E-state index in [1.165, 1.54) is 0 Å². The Kier molecular flexibility index (Phi) is 4.89. The van der Waals surface area contributed by atoms with Gasteiger partial charge in [0, 0.05) is 25.3 Å². The third-order valence-corrected chi connectivity index (χ3v) is 4.89. The fourth-order valence-corrected chi connectivity index (χ4v) is 3.52. The molecule has 0 spiro atoms. The van der Waals surface area contributed by atoms with Crippen LogP contribution >= 0.6 is 0 Å². The van der Waals surface area contributed by atoms with Crippen LogP contribution in [0.25, 0.3) is 11.3 Å². The van der Waals surface area contributed by atoms with Crippen LogP contribution in [-0.4, -0.2) is 55.2 Å². The van der Waals surface area contributed by atoms with Crippen molar-refractivity contribution in [2.45, 2.75) is 12.3 Å². The van der Waals surface area contributed by atoms with Crippen LogP contribution in [0.5, 0.6) is 5.75 Å². The number of hydrogen-bond donors (Lipinski definition) is 1. The first-order valence-corrected chi connectivity index (χ1v) is 8.80. The number of ether oxygens (including phenoxy) is 3. The van der Waals surface area contributed by atoms with E-state index in [4.69, 9.17) is 18.6 Å². The average Bonchev–Trinajstić information content (AvgIpc) is 3.45. The molecule has 28 heavy (non-hydrogen) atoms. The number of H-pyrrole nitrogens is 1. The highest BCUT2D eigenvalue weighted by Crippen LogP contribution is 2.43. The molecule has 0 aliphatic carbocycles. The van der Waals surface area contributed by atoms with Crippen molar-refractivity contribution in [1.82, 2.24) is 15.1 Å². The molecule has 0 saturated heterocycles. The molecule has 0 radical (unpaired) electrons. The fraction of sp³-hybridized carbons (Fsp3) is 0.300. The van der Waals surface area contributed by atoms with Gasteiger partial charge >= 0.3 is 0 Å². The first-order valence-electron chi connectivity index (χ1n) is 8.80. The first kappa shape index (κ1) is 18.3. The van der Waals surface area contributed by atoms with Gasteiger partial charge in [0.15, 0.2) is 6.29 Å². The van der Waals surface area contributed by atoms with Crippen LogP contribution in [0.1, 0.15) is 27.9 Å². The zero-order valence-corrected chi connectivity index (χ0v) is 15.8. The molecule has 1 amide bonds. The summed E-state index contributed by atoms with van der Waals surface area (Å²) in [6, 6.07) is 10.8. The Morgan fingerprint density at radius 1 is 1.21 bits per heavy atom. The van der Waals surface area contributed by atoms with Crippen molar-refractivity contribution in [2.75, 3.05) is 27.9 Å². The average molecular weight is 383 g/mol.